The van der Waals surface area contributed by atoms with Crippen molar-refractivity contribution >= 4 is 17.2 Å². The van der Waals surface area contributed by atoms with E-state index >= 15 is 0 Å². The molecule has 0 saturated carbocycles. The number of thiazole rings is 1. The minimum Gasteiger partial charge on any atom is -0.492 e. The van der Waals surface area contributed by atoms with E-state index < -0.39 is 23.9 Å². The first-order chi connectivity index (χ1) is 17.1. The number of carbonyl (C=O) groups is 1. The van der Waals surface area contributed by atoms with Gasteiger partial charge in [-0.3, -0.25) is 9.69 Å². The highest BCUT2D eigenvalue weighted by Gasteiger charge is 2.34. The first-order valence-corrected chi connectivity index (χ1v) is 12.1. The number of morpholine rings is 1. The second kappa shape index (κ2) is 10.9. The maximum atomic E-state index is 13.1. The van der Waals surface area contributed by atoms with Gasteiger partial charge in [-0.1, -0.05) is 0 Å². The fraction of sp³-hybridized carbons (Fsp3) is 0.417. The van der Waals surface area contributed by atoms with Crippen LogP contribution in [-0.2, 0) is 10.9 Å². The first-order valence-electron chi connectivity index (χ1n) is 11.3. The summed E-state index contributed by atoms with van der Waals surface area (Å²) >= 11 is 1.50. The molecule has 2 atom stereocenters. The van der Waals surface area contributed by atoms with E-state index in [4.69, 9.17) is 9.47 Å². The Morgan fingerprint density at radius 1 is 1.25 bits per heavy atom. The molecule has 36 heavy (non-hydrogen) atoms. The molecule has 0 bridgehead atoms. The van der Waals surface area contributed by atoms with Crippen molar-refractivity contribution in [1.29, 1.82) is 0 Å². The fourth-order valence-electron chi connectivity index (χ4n) is 3.60. The number of rotatable bonds is 7. The van der Waals surface area contributed by atoms with Gasteiger partial charge in [0.2, 0.25) is 5.82 Å². The number of hydrogen-bond acceptors (Lipinski definition) is 8. The first kappa shape index (κ1) is 26.0. The summed E-state index contributed by atoms with van der Waals surface area (Å²) in [5, 5.41) is 3.54. The van der Waals surface area contributed by atoms with Crippen molar-refractivity contribution in [3.8, 4) is 16.3 Å². The Morgan fingerprint density at radius 2 is 2.00 bits per heavy atom. The van der Waals surface area contributed by atoms with Gasteiger partial charge in [0, 0.05) is 46.7 Å². The highest BCUT2D eigenvalue weighted by Crippen LogP contribution is 2.30. The highest BCUT2D eigenvalue weighted by molar-refractivity contribution is 7.14. The lowest BCUT2D eigenvalue weighted by Gasteiger charge is -2.32. The highest BCUT2D eigenvalue weighted by atomic mass is 32.1. The Labute approximate surface area is 210 Å². The number of halogens is 3. The number of benzene rings is 1. The van der Waals surface area contributed by atoms with Gasteiger partial charge in [-0.05, 0) is 39.1 Å². The summed E-state index contributed by atoms with van der Waals surface area (Å²) in [7, 11) is 2.01. The van der Waals surface area contributed by atoms with E-state index in [0.29, 0.717) is 36.7 Å². The van der Waals surface area contributed by atoms with Crippen LogP contribution in [0.3, 0.4) is 0 Å². The summed E-state index contributed by atoms with van der Waals surface area (Å²) in [5.74, 6) is -1.14. The molecule has 3 aromatic rings. The monoisotopic (exact) mass is 521 g/mol. The summed E-state index contributed by atoms with van der Waals surface area (Å²) in [6.07, 6.45) is -0.747. The van der Waals surface area contributed by atoms with Crippen LogP contribution < -0.4 is 10.1 Å². The normalized spacial score (nSPS) is 17.6. The van der Waals surface area contributed by atoms with Crippen LogP contribution >= 0.6 is 11.3 Å². The maximum absolute atomic E-state index is 13.1. The van der Waals surface area contributed by atoms with E-state index in [1.54, 1.807) is 25.3 Å². The lowest BCUT2D eigenvalue weighted by Crippen LogP contribution is -2.46. The number of aryl methyl sites for hydroxylation is 1. The summed E-state index contributed by atoms with van der Waals surface area (Å²) in [6.45, 7) is 6.03. The Bertz CT molecular complexity index is 1200. The number of hydrogen-bond donors (Lipinski definition) is 1. The van der Waals surface area contributed by atoms with Crippen LogP contribution in [-0.4, -0.2) is 65.2 Å². The second-order valence-electron chi connectivity index (χ2n) is 8.58. The molecule has 192 valence electrons. The molecule has 1 amide bonds. The molecule has 1 saturated heterocycles. The molecular formula is C24H26F3N5O3S. The van der Waals surface area contributed by atoms with Crippen molar-refractivity contribution in [3.63, 3.8) is 0 Å². The van der Waals surface area contributed by atoms with Crippen LogP contribution in [0.4, 0.5) is 13.2 Å². The number of nitrogens with one attached hydrogen (secondary N) is 1. The zero-order chi connectivity index (χ0) is 25.9. The predicted molar refractivity (Wildman–Crippen MR) is 128 cm³/mol. The predicted octanol–water partition coefficient (Wildman–Crippen LogP) is 4.13. The van der Waals surface area contributed by atoms with Crippen molar-refractivity contribution in [2.75, 3.05) is 33.4 Å². The number of nitrogens with zero attached hydrogens (tertiary/aromatic N) is 4. The van der Waals surface area contributed by atoms with E-state index in [1.165, 1.54) is 11.3 Å². The van der Waals surface area contributed by atoms with Gasteiger partial charge in [0.25, 0.3) is 5.91 Å². The second-order valence-corrected chi connectivity index (χ2v) is 9.81. The summed E-state index contributed by atoms with van der Waals surface area (Å²) in [5.41, 5.74) is 1.41. The molecule has 0 aliphatic carbocycles. The van der Waals surface area contributed by atoms with Crippen LogP contribution in [0.5, 0.6) is 5.75 Å². The molecule has 2 aromatic heterocycles. The average Bonchev–Trinajstić information content (AvgIpc) is 3.29. The van der Waals surface area contributed by atoms with Crippen LogP contribution in [0.2, 0.25) is 0 Å². The lowest BCUT2D eigenvalue weighted by atomic mass is 10.1. The van der Waals surface area contributed by atoms with Crippen LogP contribution in [0.15, 0.2) is 36.8 Å². The maximum Gasteiger partial charge on any atom is 0.451 e. The van der Waals surface area contributed by atoms with Gasteiger partial charge >= 0.3 is 6.18 Å². The Morgan fingerprint density at radius 3 is 2.64 bits per heavy atom. The van der Waals surface area contributed by atoms with Gasteiger partial charge in [-0.25, -0.2) is 15.0 Å². The van der Waals surface area contributed by atoms with Gasteiger partial charge < -0.3 is 14.8 Å². The zero-order valence-corrected chi connectivity index (χ0v) is 20.8. The lowest BCUT2D eigenvalue weighted by molar-refractivity contribution is -0.145. The third kappa shape index (κ3) is 6.37. The molecule has 4 rings (SSSR count). The molecule has 1 aliphatic heterocycles. The SMILES string of the molecule is Cc1cnc(-c2cc(OC[C@@H]3COCCN3C)cc(C(=O)N[C@H](C)c3cnc(C(F)(F)F)nc3)c2)s1. The standard InChI is InChI=1S/C24H26F3N5O3S/c1-14-9-28-22(36-14)17-6-16(7-20(8-17)35-13-19-12-34-5-4-32(19)3)21(33)31-15(2)18-10-29-23(30-11-18)24(25,26)27/h6-11,15,19H,4-5,12-13H2,1-3H3,(H,31,33)/t15-,19+/m1/s1. The molecule has 1 fully saturated rings. The molecule has 3 heterocycles. The van der Waals surface area contributed by atoms with Crippen LogP contribution in [0.25, 0.3) is 10.6 Å². The topological polar surface area (TPSA) is 89.5 Å². The van der Waals surface area contributed by atoms with Crippen molar-refractivity contribution in [3.05, 3.63) is 58.6 Å². The van der Waals surface area contributed by atoms with E-state index in [9.17, 15) is 18.0 Å². The van der Waals surface area contributed by atoms with Gasteiger partial charge in [0.1, 0.15) is 17.4 Å². The zero-order valence-electron chi connectivity index (χ0n) is 20.0. The minimum atomic E-state index is -4.63. The number of amides is 1. The smallest absolute Gasteiger partial charge is 0.451 e. The summed E-state index contributed by atoms with van der Waals surface area (Å²) in [4.78, 5) is 27.5. The summed E-state index contributed by atoms with van der Waals surface area (Å²) < 4.78 is 49.9. The van der Waals surface area contributed by atoms with E-state index in [1.807, 2.05) is 20.0 Å². The van der Waals surface area contributed by atoms with E-state index in [-0.39, 0.29) is 6.04 Å². The Hall–Kier alpha value is -3.09. The van der Waals surface area contributed by atoms with E-state index in [2.05, 4.69) is 25.2 Å². The summed E-state index contributed by atoms with van der Waals surface area (Å²) in [6, 6.07) is 4.65. The van der Waals surface area contributed by atoms with Crippen molar-refractivity contribution in [2.24, 2.45) is 0 Å². The number of carbonyl (C=O) groups excluding carboxylic acids is 1. The number of aromatic nitrogens is 3. The Balaban J connectivity index is 1.53. The van der Waals surface area contributed by atoms with Crippen LogP contribution in [0, 0.1) is 6.92 Å². The van der Waals surface area contributed by atoms with Gasteiger partial charge in [-0.2, -0.15) is 13.2 Å². The molecule has 8 nitrogen and oxygen atoms in total. The fourth-order valence-corrected chi connectivity index (χ4v) is 4.35. The number of likely N-dealkylation sites (N-methyl/N-ethyl adjacent to an activating group) is 1. The van der Waals surface area contributed by atoms with Gasteiger partial charge in [-0.15, -0.1) is 11.3 Å². The minimum absolute atomic E-state index is 0.0847. The van der Waals surface area contributed by atoms with E-state index in [0.717, 1.165) is 34.4 Å². The molecule has 0 spiro atoms. The Kier molecular flexibility index (Phi) is 7.86. The van der Waals surface area contributed by atoms with Crippen molar-refractivity contribution < 1.29 is 27.4 Å². The molecule has 12 heteroatoms. The van der Waals surface area contributed by atoms with Gasteiger partial charge in [0.05, 0.1) is 25.3 Å². The van der Waals surface area contributed by atoms with Gasteiger partial charge in [0.15, 0.2) is 0 Å². The third-order valence-electron chi connectivity index (χ3n) is 5.77. The molecular weight excluding hydrogens is 495 g/mol. The quantitative estimate of drug-likeness (QED) is 0.500. The molecule has 1 aliphatic rings. The molecule has 0 unspecified atom stereocenters. The van der Waals surface area contributed by atoms with Crippen molar-refractivity contribution in [1.82, 2.24) is 25.2 Å². The van der Waals surface area contributed by atoms with Crippen LogP contribution in [0.1, 0.15) is 39.6 Å². The molecule has 0 radical (unpaired) electrons. The number of alkyl halides is 3. The molecule has 1 N–H and O–H groups in total. The van der Waals surface area contributed by atoms with Crippen molar-refractivity contribution in [2.45, 2.75) is 32.1 Å². The number of ether oxygens (including phenoxy) is 2. The molecule has 1 aromatic carbocycles. The third-order valence-corrected chi connectivity index (χ3v) is 6.74. The largest absolute Gasteiger partial charge is 0.492 e. The average molecular weight is 522 g/mol.